The van der Waals surface area contributed by atoms with Crippen molar-refractivity contribution in [3.8, 4) is 0 Å². The van der Waals surface area contributed by atoms with Crippen molar-refractivity contribution in [2.24, 2.45) is 5.92 Å². The van der Waals surface area contributed by atoms with Crippen molar-refractivity contribution in [3.63, 3.8) is 0 Å². The Hall–Kier alpha value is -2.43. The number of carbonyl (C=O) groups is 1. The van der Waals surface area contributed by atoms with E-state index in [-0.39, 0.29) is 5.78 Å². The fourth-order valence-corrected chi connectivity index (χ4v) is 3.89. The summed E-state index contributed by atoms with van der Waals surface area (Å²) in [5.41, 5.74) is 3.81. The quantitative estimate of drug-likeness (QED) is 0.844. The maximum atomic E-state index is 12.3. The van der Waals surface area contributed by atoms with E-state index in [1.807, 2.05) is 13.0 Å². The van der Waals surface area contributed by atoms with Gasteiger partial charge in [-0.25, -0.2) is 9.97 Å². The predicted molar refractivity (Wildman–Crippen MR) is 99.5 cm³/mol. The summed E-state index contributed by atoms with van der Waals surface area (Å²) in [5.74, 6) is 1.36. The fraction of sp³-hybridized carbons (Fsp3) is 0.450. The highest BCUT2D eigenvalue weighted by Gasteiger charge is 2.28. The lowest BCUT2D eigenvalue weighted by Gasteiger charge is -2.36. The minimum atomic E-state index is 0.201. The van der Waals surface area contributed by atoms with E-state index >= 15 is 0 Å². The van der Waals surface area contributed by atoms with Crippen LogP contribution in [0.15, 0.2) is 30.3 Å². The molecule has 1 aromatic carbocycles. The number of piperazine rings is 1. The zero-order chi connectivity index (χ0) is 17.4. The summed E-state index contributed by atoms with van der Waals surface area (Å²) >= 11 is 0. The van der Waals surface area contributed by atoms with Crippen molar-refractivity contribution in [2.75, 3.05) is 36.0 Å². The normalized spacial score (nSPS) is 20.6. The summed E-state index contributed by atoms with van der Waals surface area (Å²) in [5, 5.41) is 0. The summed E-state index contributed by atoms with van der Waals surface area (Å²) in [4.78, 5) is 26.4. The lowest BCUT2D eigenvalue weighted by molar-refractivity contribution is 0.0951. The van der Waals surface area contributed by atoms with Gasteiger partial charge in [0.2, 0.25) is 5.95 Å². The van der Waals surface area contributed by atoms with Crippen molar-refractivity contribution in [1.29, 1.82) is 0 Å². The van der Waals surface area contributed by atoms with Gasteiger partial charge in [-0.15, -0.1) is 0 Å². The number of Topliss-reactive ketones (excluding diaryl/α,β-unsaturated/α-hetero) is 1. The van der Waals surface area contributed by atoms with Crippen LogP contribution >= 0.6 is 0 Å². The molecule has 0 N–H and O–H groups in total. The predicted octanol–water partition coefficient (Wildman–Crippen LogP) is 2.88. The molecule has 1 fully saturated rings. The molecule has 0 saturated carbocycles. The number of aromatic nitrogens is 2. The molecule has 25 heavy (non-hydrogen) atoms. The van der Waals surface area contributed by atoms with E-state index in [0.29, 0.717) is 12.3 Å². The molecule has 0 radical (unpaired) electrons. The molecular formula is C20H24N4O. The van der Waals surface area contributed by atoms with E-state index in [1.165, 1.54) is 5.69 Å². The Kier molecular flexibility index (Phi) is 4.15. The Morgan fingerprint density at radius 2 is 1.64 bits per heavy atom. The number of nitrogens with zero attached hydrogens (tertiary/aromatic N) is 4. The summed E-state index contributed by atoms with van der Waals surface area (Å²) in [6, 6.07) is 10.5. The van der Waals surface area contributed by atoms with E-state index in [2.05, 4.69) is 46.0 Å². The number of anilines is 2. The van der Waals surface area contributed by atoms with Crippen LogP contribution in [-0.2, 0) is 6.42 Å². The van der Waals surface area contributed by atoms with Crippen LogP contribution in [0.4, 0.5) is 11.6 Å². The highest BCUT2D eigenvalue weighted by molar-refractivity contribution is 5.99. The Balaban J connectivity index is 1.53. The van der Waals surface area contributed by atoms with E-state index in [0.717, 1.165) is 55.5 Å². The zero-order valence-electron chi connectivity index (χ0n) is 14.9. The number of ketones is 1. The monoisotopic (exact) mass is 336 g/mol. The largest absolute Gasteiger partial charge is 0.368 e. The molecule has 130 valence electrons. The van der Waals surface area contributed by atoms with Crippen molar-refractivity contribution in [1.82, 2.24) is 9.97 Å². The first-order valence-electron chi connectivity index (χ1n) is 9.07. The van der Waals surface area contributed by atoms with E-state index < -0.39 is 0 Å². The second kappa shape index (κ2) is 6.47. The van der Waals surface area contributed by atoms with E-state index in [1.54, 1.807) is 0 Å². The van der Waals surface area contributed by atoms with Crippen LogP contribution in [0.3, 0.4) is 0 Å². The lowest BCUT2D eigenvalue weighted by atomic mass is 9.86. The third-order valence-corrected chi connectivity index (χ3v) is 5.19. The highest BCUT2D eigenvalue weighted by Crippen LogP contribution is 2.28. The molecule has 0 spiro atoms. The lowest BCUT2D eigenvalue weighted by Crippen LogP contribution is -2.47. The van der Waals surface area contributed by atoms with Crippen LogP contribution in [0, 0.1) is 12.8 Å². The molecular weight excluding hydrogens is 312 g/mol. The van der Waals surface area contributed by atoms with E-state index in [4.69, 9.17) is 4.98 Å². The van der Waals surface area contributed by atoms with Gasteiger partial charge in [0.15, 0.2) is 5.78 Å². The van der Waals surface area contributed by atoms with Crippen LogP contribution in [0.25, 0.3) is 0 Å². The van der Waals surface area contributed by atoms with Crippen molar-refractivity contribution in [3.05, 3.63) is 47.3 Å². The van der Waals surface area contributed by atoms with Crippen molar-refractivity contribution in [2.45, 2.75) is 26.7 Å². The number of hydrogen-bond donors (Lipinski definition) is 0. The molecule has 2 heterocycles. The SMILES string of the molecule is Cc1nc(N2CCN(c3ccccc3)CC2)nc2c1C(=O)C[C@H](C)C2. The Labute approximate surface area is 148 Å². The topological polar surface area (TPSA) is 49.3 Å². The van der Waals surface area contributed by atoms with Crippen LogP contribution in [0.1, 0.15) is 35.1 Å². The summed E-state index contributed by atoms with van der Waals surface area (Å²) < 4.78 is 0. The third kappa shape index (κ3) is 3.11. The van der Waals surface area contributed by atoms with Crippen molar-refractivity contribution >= 4 is 17.4 Å². The van der Waals surface area contributed by atoms with Gasteiger partial charge in [-0.3, -0.25) is 4.79 Å². The first-order chi connectivity index (χ1) is 12.1. The summed E-state index contributed by atoms with van der Waals surface area (Å²) in [6.07, 6.45) is 1.49. The molecule has 2 aliphatic rings. The maximum absolute atomic E-state index is 12.3. The Bertz CT molecular complexity index is 782. The Morgan fingerprint density at radius 1 is 0.960 bits per heavy atom. The minimum absolute atomic E-state index is 0.201. The molecule has 5 nitrogen and oxygen atoms in total. The van der Waals surface area contributed by atoms with Crippen LogP contribution in [0.5, 0.6) is 0 Å². The van der Waals surface area contributed by atoms with Crippen LogP contribution in [0.2, 0.25) is 0 Å². The molecule has 0 amide bonds. The molecule has 1 aliphatic carbocycles. The van der Waals surface area contributed by atoms with Gasteiger partial charge < -0.3 is 9.80 Å². The molecule has 1 aliphatic heterocycles. The molecule has 0 unspecified atom stereocenters. The number of hydrogen-bond acceptors (Lipinski definition) is 5. The highest BCUT2D eigenvalue weighted by atomic mass is 16.1. The minimum Gasteiger partial charge on any atom is -0.368 e. The molecule has 1 atom stereocenters. The maximum Gasteiger partial charge on any atom is 0.225 e. The van der Waals surface area contributed by atoms with Crippen LogP contribution in [-0.4, -0.2) is 41.9 Å². The average molecular weight is 336 g/mol. The molecule has 5 heteroatoms. The smallest absolute Gasteiger partial charge is 0.225 e. The molecule has 2 aromatic rings. The fourth-order valence-electron chi connectivity index (χ4n) is 3.89. The standard InChI is InChI=1S/C20H24N4O/c1-14-12-17-19(18(25)13-14)15(2)21-20(22-17)24-10-8-23(9-11-24)16-6-4-3-5-7-16/h3-7,14H,8-13H2,1-2H3/t14-/m1/s1. The molecule has 1 saturated heterocycles. The summed E-state index contributed by atoms with van der Waals surface area (Å²) in [6.45, 7) is 7.78. The number of para-hydroxylation sites is 1. The Morgan fingerprint density at radius 3 is 2.36 bits per heavy atom. The average Bonchev–Trinajstić information content (AvgIpc) is 2.61. The van der Waals surface area contributed by atoms with Gasteiger partial charge in [0.25, 0.3) is 0 Å². The van der Waals surface area contributed by atoms with Gasteiger partial charge in [0, 0.05) is 38.3 Å². The van der Waals surface area contributed by atoms with Crippen molar-refractivity contribution < 1.29 is 4.79 Å². The number of aryl methyl sites for hydroxylation is 1. The molecule has 4 rings (SSSR count). The van der Waals surface area contributed by atoms with Gasteiger partial charge in [-0.2, -0.15) is 0 Å². The number of fused-ring (bicyclic) bond motifs is 1. The van der Waals surface area contributed by atoms with Crippen LogP contribution < -0.4 is 9.80 Å². The van der Waals surface area contributed by atoms with E-state index in [9.17, 15) is 4.79 Å². The number of carbonyl (C=O) groups excluding carboxylic acids is 1. The van der Waals surface area contributed by atoms with Gasteiger partial charge >= 0.3 is 0 Å². The number of benzene rings is 1. The first-order valence-corrected chi connectivity index (χ1v) is 9.07. The second-order valence-corrected chi connectivity index (χ2v) is 7.18. The van der Waals surface area contributed by atoms with Gasteiger partial charge in [0.1, 0.15) is 0 Å². The molecule has 0 bridgehead atoms. The zero-order valence-corrected chi connectivity index (χ0v) is 14.9. The third-order valence-electron chi connectivity index (χ3n) is 5.19. The van der Waals surface area contributed by atoms with Gasteiger partial charge in [-0.1, -0.05) is 25.1 Å². The molecule has 1 aromatic heterocycles. The summed E-state index contributed by atoms with van der Waals surface area (Å²) in [7, 11) is 0. The number of rotatable bonds is 2. The second-order valence-electron chi connectivity index (χ2n) is 7.18. The van der Waals surface area contributed by atoms with Gasteiger partial charge in [-0.05, 0) is 31.4 Å². The first kappa shape index (κ1) is 16.1. The van der Waals surface area contributed by atoms with Gasteiger partial charge in [0.05, 0.1) is 17.0 Å².